The first-order valence-electron chi connectivity index (χ1n) is 9.13. The number of amides is 3. The zero-order valence-corrected chi connectivity index (χ0v) is 17.5. The van der Waals surface area contributed by atoms with Crippen molar-refractivity contribution in [2.45, 2.75) is 13.8 Å². The fourth-order valence-electron chi connectivity index (χ4n) is 2.66. The second kappa shape index (κ2) is 9.23. The van der Waals surface area contributed by atoms with E-state index in [1.807, 2.05) is 6.92 Å². The number of benzene rings is 2. The van der Waals surface area contributed by atoms with Gasteiger partial charge in [0, 0.05) is 35.1 Å². The normalized spacial score (nSPS) is 10.3. The topological polar surface area (TPSA) is 108 Å². The number of aromatic nitrogens is 2. The van der Waals surface area contributed by atoms with Gasteiger partial charge in [-0.15, -0.1) is 0 Å². The number of nitrogens with zero attached hydrogens (tertiary/aromatic N) is 2. The summed E-state index contributed by atoms with van der Waals surface area (Å²) in [6.07, 6.45) is 0. The molecule has 8 nitrogen and oxygen atoms in total. The van der Waals surface area contributed by atoms with Crippen LogP contribution < -0.4 is 21.3 Å². The first-order chi connectivity index (χ1) is 14.3. The fraction of sp³-hybridized carbons (Fsp3) is 0.143. The minimum atomic E-state index is -0.478. The molecule has 3 aromatic rings. The molecule has 0 aliphatic heterocycles. The van der Waals surface area contributed by atoms with Crippen molar-refractivity contribution in [2.24, 2.45) is 0 Å². The Balaban J connectivity index is 1.71. The van der Waals surface area contributed by atoms with Crippen LogP contribution in [-0.4, -0.2) is 29.0 Å². The molecule has 0 radical (unpaired) electrons. The number of anilines is 4. The summed E-state index contributed by atoms with van der Waals surface area (Å²) in [7, 11) is 1.73. The quantitative estimate of drug-likeness (QED) is 0.475. The number of rotatable bonds is 5. The third-order valence-corrected chi connectivity index (χ3v) is 4.44. The second-order valence-electron chi connectivity index (χ2n) is 6.51. The molecule has 30 heavy (non-hydrogen) atoms. The van der Waals surface area contributed by atoms with Crippen LogP contribution in [-0.2, 0) is 0 Å². The van der Waals surface area contributed by atoms with E-state index < -0.39 is 6.03 Å². The van der Waals surface area contributed by atoms with E-state index in [0.29, 0.717) is 39.4 Å². The number of carbonyl (C=O) groups is 2. The van der Waals surface area contributed by atoms with Crippen molar-refractivity contribution in [3.8, 4) is 0 Å². The second-order valence-corrected chi connectivity index (χ2v) is 6.94. The molecule has 0 saturated heterocycles. The third-order valence-electron chi connectivity index (χ3n) is 4.19. The number of hydrogen-bond acceptors (Lipinski definition) is 5. The Morgan fingerprint density at radius 3 is 2.27 bits per heavy atom. The minimum Gasteiger partial charge on any atom is -0.373 e. The molecule has 4 N–H and O–H groups in total. The van der Waals surface area contributed by atoms with Crippen LogP contribution in [0.4, 0.5) is 27.8 Å². The molecule has 0 atom stereocenters. The van der Waals surface area contributed by atoms with Crippen molar-refractivity contribution >= 4 is 46.5 Å². The lowest BCUT2D eigenvalue weighted by Gasteiger charge is -2.12. The van der Waals surface area contributed by atoms with Gasteiger partial charge in [-0.3, -0.25) is 10.1 Å². The molecule has 3 rings (SSSR count). The van der Waals surface area contributed by atoms with Crippen LogP contribution in [0.15, 0.2) is 48.5 Å². The third kappa shape index (κ3) is 5.45. The summed E-state index contributed by atoms with van der Waals surface area (Å²) in [5.74, 6) is 1.17. The Bertz CT molecular complexity index is 1090. The van der Waals surface area contributed by atoms with E-state index in [0.717, 1.165) is 5.56 Å². The smallest absolute Gasteiger partial charge is 0.324 e. The van der Waals surface area contributed by atoms with Crippen LogP contribution in [0.3, 0.4) is 0 Å². The van der Waals surface area contributed by atoms with Crippen LogP contribution in [0, 0.1) is 13.8 Å². The maximum absolute atomic E-state index is 12.6. The minimum absolute atomic E-state index is 0.300. The largest absolute Gasteiger partial charge is 0.373 e. The molecule has 0 aliphatic carbocycles. The van der Waals surface area contributed by atoms with Gasteiger partial charge in [0.25, 0.3) is 5.91 Å². The Hall–Kier alpha value is -3.65. The predicted octanol–water partition coefficient (Wildman–Crippen LogP) is 4.68. The Labute approximate surface area is 179 Å². The van der Waals surface area contributed by atoms with Gasteiger partial charge in [-0.1, -0.05) is 17.7 Å². The number of urea groups is 1. The fourth-order valence-corrected chi connectivity index (χ4v) is 2.79. The average molecular weight is 425 g/mol. The van der Waals surface area contributed by atoms with Crippen LogP contribution in [0.2, 0.25) is 5.02 Å². The molecule has 9 heteroatoms. The summed E-state index contributed by atoms with van der Waals surface area (Å²) in [5, 5.41) is 11.7. The van der Waals surface area contributed by atoms with Crippen molar-refractivity contribution in [1.29, 1.82) is 0 Å². The number of nitrogens with one attached hydrogen (secondary N) is 4. The molecule has 0 bridgehead atoms. The van der Waals surface area contributed by atoms with Gasteiger partial charge >= 0.3 is 6.03 Å². The Morgan fingerprint density at radius 1 is 0.867 bits per heavy atom. The highest BCUT2D eigenvalue weighted by atomic mass is 35.5. The lowest BCUT2D eigenvalue weighted by molar-refractivity contribution is 0.102. The molecule has 1 aromatic heterocycles. The molecular weight excluding hydrogens is 404 g/mol. The maximum atomic E-state index is 12.6. The van der Waals surface area contributed by atoms with E-state index in [1.54, 1.807) is 62.5 Å². The highest BCUT2D eigenvalue weighted by Gasteiger charge is 2.12. The van der Waals surface area contributed by atoms with E-state index >= 15 is 0 Å². The van der Waals surface area contributed by atoms with Gasteiger partial charge in [-0.25, -0.2) is 14.8 Å². The molecule has 0 unspecified atom stereocenters. The molecule has 3 amide bonds. The summed E-state index contributed by atoms with van der Waals surface area (Å²) >= 11 is 5.87. The van der Waals surface area contributed by atoms with Crippen LogP contribution >= 0.6 is 11.6 Å². The van der Waals surface area contributed by atoms with E-state index in [4.69, 9.17) is 11.6 Å². The van der Waals surface area contributed by atoms with Gasteiger partial charge < -0.3 is 16.0 Å². The highest BCUT2D eigenvalue weighted by Crippen LogP contribution is 2.20. The summed E-state index contributed by atoms with van der Waals surface area (Å²) in [6, 6.07) is 13.0. The number of aryl methyl sites for hydroxylation is 2. The van der Waals surface area contributed by atoms with Crippen molar-refractivity contribution in [1.82, 2.24) is 9.97 Å². The van der Waals surface area contributed by atoms with Crippen molar-refractivity contribution in [2.75, 3.05) is 28.3 Å². The molecule has 154 valence electrons. The zero-order valence-electron chi connectivity index (χ0n) is 16.7. The van der Waals surface area contributed by atoms with Crippen LogP contribution in [0.25, 0.3) is 0 Å². The molecule has 2 aromatic carbocycles. The number of halogens is 1. The van der Waals surface area contributed by atoms with Gasteiger partial charge in [-0.05, 0) is 55.8 Å². The molecule has 0 saturated carbocycles. The average Bonchev–Trinajstić information content (AvgIpc) is 2.70. The van der Waals surface area contributed by atoms with Crippen LogP contribution in [0.1, 0.15) is 21.7 Å². The molecular formula is C21H21ClN6O2. The monoisotopic (exact) mass is 424 g/mol. The van der Waals surface area contributed by atoms with Crippen LogP contribution in [0.5, 0.6) is 0 Å². The maximum Gasteiger partial charge on any atom is 0.324 e. The summed E-state index contributed by atoms with van der Waals surface area (Å²) < 4.78 is 0. The molecule has 1 heterocycles. The van der Waals surface area contributed by atoms with Crippen molar-refractivity contribution < 1.29 is 9.59 Å². The summed E-state index contributed by atoms with van der Waals surface area (Å²) in [6.45, 7) is 3.57. The summed E-state index contributed by atoms with van der Waals surface area (Å²) in [5.41, 5.74) is 2.34. The predicted molar refractivity (Wildman–Crippen MR) is 120 cm³/mol. The van der Waals surface area contributed by atoms with Gasteiger partial charge in [0.1, 0.15) is 17.5 Å². The first-order valence-corrected chi connectivity index (χ1v) is 9.51. The molecule has 0 spiro atoms. The van der Waals surface area contributed by atoms with Crippen molar-refractivity contribution in [3.63, 3.8) is 0 Å². The SMILES string of the molecule is CNc1cc(NC(=O)Nc2cc(C(=O)Nc3ccc(Cl)cc3)ccc2C)nc(C)n1. The van der Waals surface area contributed by atoms with Gasteiger partial charge in [-0.2, -0.15) is 0 Å². The van der Waals surface area contributed by atoms with Gasteiger partial charge in [0.05, 0.1) is 0 Å². The first kappa shape index (κ1) is 21.1. The van der Waals surface area contributed by atoms with E-state index in [-0.39, 0.29) is 5.91 Å². The van der Waals surface area contributed by atoms with E-state index in [1.165, 1.54) is 0 Å². The molecule has 0 fully saturated rings. The standard InChI is InChI=1S/C21H21ClN6O2/c1-12-4-5-14(20(29)26-16-8-6-15(22)7-9-16)10-17(12)27-21(30)28-19-11-18(23-3)24-13(2)25-19/h4-11H,1-3H3,(H,26,29)(H3,23,24,25,27,28,30). The zero-order chi connectivity index (χ0) is 21.7. The highest BCUT2D eigenvalue weighted by molar-refractivity contribution is 6.30. The lowest BCUT2D eigenvalue weighted by atomic mass is 10.1. The van der Waals surface area contributed by atoms with Crippen molar-refractivity contribution in [3.05, 3.63) is 70.5 Å². The number of hydrogen-bond donors (Lipinski definition) is 4. The number of carbonyl (C=O) groups excluding carboxylic acids is 2. The molecule has 0 aliphatic rings. The van der Waals surface area contributed by atoms with E-state index in [2.05, 4.69) is 31.2 Å². The van der Waals surface area contributed by atoms with Gasteiger partial charge in [0.2, 0.25) is 0 Å². The Morgan fingerprint density at radius 2 is 1.57 bits per heavy atom. The van der Waals surface area contributed by atoms with Gasteiger partial charge in [0.15, 0.2) is 0 Å². The lowest BCUT2D eigenvalue weighted by Crippen LogP contribution is -2.21. The Kier molecular flexibility index (Phi) is 6.48. The van der Waals surface area contributed by atoms with E-state index in [9.17, 15) is 9.59 Å². The summed E-state index contributed by atoms with van der Waals surface area (Å²) in [4.78, 5) is 33.4.